The molecule has 1 fully saturated rings. The second-order valence-electron chi connectivity index (χ2n) is 9.35. The Hall–Kier alpha value is -3.06. The second kappa shape index (κ2) is 7.76. The van der Waals surface area contributed by atoms with Crippen LogP contribution in [0.15, 0.2) is 24.4 Å². The normalized spacial score (nSPS) is 16.4. The maximum atomic E-state index is 15.1. The van der Waals surface area contributed by atoms with Crippen LogP contribution in [0.5, 0.6) is 0 Å². The molecule has 0 atom stereocenters. The molecule has 0 unspecified atom stereocenters. The monoisotopic (exact) mass is 478 g/mol. The molecule has 33 heavy (non-hydrogen) atoms. The maximum absolute atomic E-state index is 15.1. The molecule has 1 aromatic heterocycles. The van der Waals surface area contributed by atoms with Crippen molar-refractivity contribution in [2.24, 2.45) is 0 Å². The number of benzene rings is 1. The molecule has 174 valence electrons. The molecular formula is C23H22F4N4OS. The third-order valence-corrected chi connectivity index (χ3v) is 5.89. The lowest BCUT2D eigenvalue weighted by Gasteiger charge is -2.31. The van der Waals surface area contributed by atoms with Crippen LogP contribution in [0.25, 0.3) is 0 Å². The Balaban J connectivity index is 2.18. The number of hydrogen-bond donors (Lipinski definition) is 0. The highest BCUT2D eigenvalue weighted by Crippen LogP contribution is 2.42. The van der Waals surface area contributed by atoms with E-state index in [1.54, 1.807) is 20.0 Å². The Morgan fingerprint density at radius 1 is 1.15 bits per heavy atom. The molecule has 0 saturated carbocycles. The van der Waals surface area contributed by atoms with Gasteiger partial charge in [0.2, 0.25) is 0 Å². The minimum atomic E-state index is -5.13. The van der Waals surface area contributed by atoms with Gasteiger partial charge in [0.25, 0.3) is 5.91 Å². The number of carbonyl (C=O) groups is 1. The Morgan fingerprint density at radius 2 is 1.76 bits per heavy atom. The van der Waals surface area contributed by atoms with Crippen LogP contribution in [-0.2, 0) is 16.4 Å². The molecular weight excluding hydrogens is 456 g/mol. The quantitative estimate of drug-likeness (QED) is 0.413. The minimum absolute atomic E-state index is 0.185. The predicted octanol–water partition coefficient (Wildman–Crippen LogP) is 5.63. The molecule has 1 amide bonds. The maximum Gasteiger partial charge on any atom is 0.420 e. The summed E-state index contributed by atoms with van der Waals surface area (Å²) in [5.41, 5.74) is -2.80. The highest BCUT2D eigenvalue weighted by atomic mass is 32.1. The molecule has 1 aliphatic heterocycles. The van der Waals surface area contributed by atoms with E-state index < -0.39 is 40.3 Å². The topological polar surface area (TPSA) is 60.2 Å². The fraction of sp³-hybridized carbons (Fsp3) is 0.391. The molecule has 0 radical (unpaired) electrons. The summed E-state index contributed by atoms with van der Waals surface area (Å²) in [5, 5.41) is 8.83. The summed E-state index contributed by atoms with van der Waals surface area (Å²) >= 11 is 5.47. The first-order valence-electron chi connectivity index (χ1n) is 9.99. The van der Waals surface area contributed by atoms with Crippen LogP contribution >= 0.6 is 12.2 Å². The average molecular weight is 479 g/mol. The summed E-state index contributed by atoms with van der Waals surface area (Å²) in [6, 6.07) is 4.99. The number of nitriles is 1. The van der Waals surface area contributed by atoms with Crippen LogP contribution in [0.1, 0.15) is 57.0 Å². The van der Waals surface area contributed by atoms with Crippen LogP contribution in [-0.4, -0.2) is 21.5 Å². The Morgan fingerprint density at radius 3 is 2.24 bits per heavy atom. The number of thiocarbonyl (C=S) groups is 1. The molecule has 5 nitrogen and oxygen atoms in total. The van der Waals surface area contributed by atoms with E-state index >= 15 is 4.39 Å². The van der Waals surface area contributed by atoms with E-state index in [9.17, 15) is 18.0 Å². The average Bonchev–Trinajstić information content (AvgIpc) is 2.85. The largest absolute Gasteiger partial charge is 0.420 e. The van der Waals surface area contributed by atoms with Gasteiger partial charge in [0.15, 0.2) is 10.9 Å². The fourth-order valence-corrected chi connectivity index (χ4v) is 4.22. The van der Waals surface area contributed by atoms with Gasteiger partial charge in [-0.05, 0) is 56.8 Å². The molecule has 2 heterocycles. The van der Waals surface area contributed by atoms with Crippen molar-refractivity contribution in [2.75, 3.05) is 9.80 Å². The van der Waals surface area contributed by atoms with Gasteiger partial charge < -0.3 is 4.90 Å². The van der Waals surface area contributed by atoms with Crippen molar-refractivity contribution in [3.63, 3.8) is 0 Å². The van der Waals surface area contributed by atoms with E-state index in [1.165, 1.54) is 11.0 Å². The zero-order chi connectivity index (χ0) is 25.1. The number of rotatable bonds is 2. The molecule has 1 saturated heterocycles. The van der Waals surface area contributed by atoms with Gasteiger partial charge in [-0.2, -0.15) is 18.4 Å². The molecule has 3 rings (SSSR count). The van der Waals surface area contributed by atoms with E-state index in [0.29, 0.717) is 5.69 Å². The number of aromatic nitrogens is 1. The number of anilines is 2. The lowest BCUT2D eigenvalue weighted by molar-refractivity contribution is -0.140. The summed E-state index contributed by atoms with van der Waals surface area (Å²) in [4.78, 5) is 20.0. The first-order chi connectivity index (χ1) is 15.0. The highest BCUT2D eigenvalue weighted by molar-refractivity contribution is 7.81. The number of pyridine rings is 1. The summed E-state index contributed by atoms with van der Waals surface area (Å²) in [5.74, 6) is -2.43. The Kier molecular flexibility index (Phi) is 5.78. The smallest absolute Gasteiger partial charge is 0.302 e. The lowest BCUT2D eigenvalue weighted by Crippen LogP contribution is -2.44. The molecule has 2 aromatic rings. The number of carbonyl (C=O) groups excluding carboxylic acids is 1. The highest BCUT2D eigenvalue weighted by Gasteiger charge is 2.52. The molecule has 0 N–H and O–H groups in total. The summed E-state index contributed by atoms with van der Waals surface area (Å²) in [7, 11) is 0. The van der Waals surface area contributed by atoms with E-state index in [1.807, 2.05) is 33.8 Å². The van der Waals surface area contributed by atoms with Gasteiger partial charge in [0.1, 0.15) is 11.1 Å². The third kappa shape index (κ3) is 3.95. The van der Waals surface area contributed by atoms with E-state index in [2.05, 4.69) is 4.98 Å². The van der Waals surface area contributed by atoms with Crippen LogP contribution in [0, 0.1) is 24.1 Å². The van der Waals surface area contributed by atoms with Crippen molar-refractivity contribution < 1.29 is 22.4 Å². The minimum Gasteiger partial charge on any atom is -0.302 e. The van der Waals surface area contributed by atoms with E-state index in [-0.39, 0.29) is 10.5 Å². The van der Waals surface area contributed by atoms with Gasteiger partial charge in [-0.25, -0.2) is 4.39 Å². The fourth-order valence-electron chi connectivity index (χ4n) is 3.71. The van der Waals surface area contributed by atoms with E-state index in [4.69, 9.17) is 17.5 Å². The number of alkyl halides is 3. The number of hydrogen-bond acceptors (Lipinski definition) is 4. The summed E-state index contributed by atoms with van der Waals surface area (Å²) in [6.07, 6.45) is -3.58. The van der Waals surface area contributed by atoms with Gasteiger partial charge in [0, 0.05) is 11.1 Å². The van der Waals surface area contributed by atoms with Crippen molar-refractivity contribution in [1.29, 1.82) is 5.26 Å². The zero-order valence-electron chi connectivity index (χ0n) is 18.9. The van der Waals surface area contributed by atoms with Crippen LogP contribution in [0.2, 0.25) is 0 Å². The van der Waals surface area contributed by atoms with Crippen LogP contribution in [0.4, 0.5) is 28.9 Å². The summed E-state index contributed by atoms with van der Waals surface area (Å²) < 4.78 is 55.6. The van der Waals surface area contributed by atoms with Crippen molar-refractivity contribution in [3.05, 3.63) is 52.6 Å². The third-order valence-electron chi connectivity index (χ3n) is 5.53. The standard InChI is InChI=1S/C23H22F4N4OS/c1-12-9-16(21(2,3)4)29-11-15(12)31-20(33)30(19(32)22(31,5)6)14-8-7-13(10-28)17(18(14)24)23(25,26)27/h7-9,11H,1-6H3. The lowest BCUT2D eigenvalue weighted by atomic mass is 9.90. The first-order valence-corrected chi connectivity index (χ1v) is 10.4. The molecule has 0 bridgehead atoms. The molecule has 1 aromatic carbocycles. The van der Waals surface area contributed by atoms with Crippen molar-refractivity contribution in [3.8, 4) is 6.07 Å². The molecule has 0 spiro atoms. The zero-order valence-corrected chi connectivity index (χ0v) is 19.7. The van der Waals surface area contributed by atoms with Gasteiger partial charge >= 0.3 is 6.18 Å². The molecule has 10 heteroatoms. The molecule has 1 aliphatic rings. The Labute approximate surface area is 194 Å². The second-order valence-corrected chi connectivity index (χ2v) is 9.72. The van der Waals surface area contributed by atoms with Crippen LogP contribution < -0.4 is 9.80 Å². The van der Waals surface area contributed by atoms with Crippen molar-refractivity contribution in [1.82, 2.24) is 4.98 Å². The number of nitrogens with zero attached hydrogens (tertiary/aromatic N) is 4. The first kappa shape index (κ1) is 24.6. The van der Waals surface area contributed by atoms with Gasteiger partial charge in [-0.3, -0.25) is 14.7 Å². The SMILES string of the molecule is Cc1cc(C(C)(C)C)ncc1N1C(=S)N(c2ccc(C#N)c(C(F)(F)F)c2F)C(=O)C1(C)C. The predicted molar refractivity (Wildman–Crippen MR) is 120 cm³/mol. The number of halogens is 4. The Bertz CT molecular complexity index is 1210. The van der Waals surface area contributed by atoms with Gasteiger partial charge in [-0.15, -0.1) is 0 Å². The van der Waals surface area contributed by atoms with E-state index in [0.717, 1.165) is 28.3 Å². The van der Waals surface area contributed by atoms with Crippen LogP contribution in [0.3, 0.4) is 0 Å². The van der Waals surface area contributed by atoms with Gasteiger partial charge in [-0.1, -0.05) is 20.8 Å². The summed E-state index contributed by atoms with van der Waals surface area (Å²) in [6.45, 7) is 10.9. The van der Waals surface area contributed by atoms with Crippen molar-refractivity contribution >= 4 is 34.6 Å². The van der Waals surface area contributed by atoms with Gasteiger partial charge in [0.05, 0.1) is 29.2 Å². The number of aryl methyl sites for hydroxylation is 1. The molecule has 0 aliphatic carbocycles. The number of amides is 1. The van der Waals surface area contributed by atoms with Crippen molar-refractivity contribution in [2.45, 2.75) is 58.7 Å².